The first kappa shape index (κ1) is 11.7. The number of hydrogen-bond donors (Lipinski definition) is 1. The first-order valence-electron chi connectivity index (χ1n) is 6.87. The van der Waals surface area contributed by atoms with E-state index in [9.17, 15) is 4.79 Å². The fourth-order valence-electron chi connectivity index (χ4n) is 3.12. The van der Waals surface area contributed by atoms with E-state index in [2.05, 4.69) is 19.8 Å². The number of aromatic amines is 1. The number of piperazine rings is 1. The molecule has 0 amide bonds. The molecule has 0 atom stereocenters. The third-order valence-corrected chi connectivity index (χ3v) is 4.14. The van der Waals surface area contributed by atoms with Gasteiger partial charge in [0.15, 0.2) is 0 Å². The summed E-state index contributed by atoms with van der Waals surface area (Å²) in [5.41, 5.74) is -0.0711. The lowest BCUT2D eigenvalue weighted by Gasteiger charge is -2.38. The number of nitrogens with zero attached hydrogens (tertiary/aromatic N) is 3. The van der Waals surface area contributed by atoms with Gasteiger partial charge in [0.2, 0.25) is 0 Å². The van der Waals surface area contributed by atoms with E-state index in [-0.39, 0.29) is 5.56 Å². The lowest BCUT2D eigenvalue weighted by molar-refractivity contribution is 0.187. The van der Waals surface area contributed by atoms with Crippen molar-refractivity contribution in [2.45, 2.75) is 31.7 Å². The van der Waals surface area contributed by atoms with Crippen LogP contribution in [-0.4, -0.2) is 47.1 Å². The van der Waals surface area contributed by atoms with E-state index in [0.717, 1.165) is 38.0 Å². The lowest BCUT2D eigenvalue weighted by Crippen LogP contribution is -2.50. The second-order valence-corrected chi connectivity index (χ2v) is 5.23. The summed E-state index contributed by atoms with van der Waals surface area (Å²) in [5, 5.41) is 0. The molecule has 1 aromatic rings. The highest BCUT2D eigenvalue weighted by molar-refractivity contribution is 5.37. The minimum Gasteiger partial charge on any atom is -0.354 e. The average molecular weight is 248 g/mol. The molecule has 1 saturated heterocycles. The van der Waals surface area contributed by atoms with E-state index >= 15 is 0 Å². The molecule has 3 rings (SSSR count). The molecule has 0 spiro atoms. The normalized spacial score (nSPS) is 22.6. The summed E-state index contributed by atoms with van der Waals surface area (Å²) >= 11 is 0. The SMILES string of the molecule is O=c1cc(N2CCN(C3CCCC3)CC2)nc[nH]1. The van der Waals surface area contributed by atoms with Gasteiger partial charge in [-0.3, -0.25) is 9.69 Å². The fraction of sp³-hybridized carbons (Fsp3) is 0.692. The standard InChI is InChI=1S/C13H20N4O/c18-13-9-12(14-10-15-13)17-7-5-16(6-8-17)11-3-1-2-4-11/h9-11H,1-8H2,(H,14,15,18). The number of hydrogen-bond acceptors (Lipinski definition) is 4. The van der Waals surface area contributed by atoms with Crippen LogP contribution in [0.5, 0.6) is 0 Å². The zero-order valence-electron chi connectivity index (χ0n) is 10.6. The molecule has 18 heavy (non-hydrogen) atoms. The molecule has 0 aromatic carbocycles. The Kier molecular flexibility index (Phi) is 3.32. The molecule has 1 N–H and O–H groups in total. The summed E-state index contributed by atoms with van der Waals surface area (Å²) in [4.78, 5) is 22.9. The van der Waals surface area contributed by atoms with Crippen molar-refractivity contribution in [1.82, 2.24) is 14.9 Å². The van der Waals surface area contributed by atoms with Gasteiger partial charge in [-0.25, -0.2) is 4.98 Å². The van der Waals surface area contributed by atoms with E-state index in [0.29, 0.717) is 0 Å². The van der Waals surface area contributed by atoms with Crippen molar-refractivity contribution in [2.24, 2.45) is 0 Å². The van der Waals surface area contributed by atoms with Gasteiger partial charge >= 0.3 is 0 Å². The summed E-state index contributed by atoms with van der Waals surface area (Å²) in [6.45, 7) is 4.15. The van der Waals surface area contributed by atoms with Gasteiger partial charge < -0.3 is 9.88 Å². The summed E-state index contributed by atoms with van der Waals surface area (Å²) in [7, 11) is 0. The van der Waals surface area contributed by atoms with Crippen LogP contribution in [0.25, 0.3) is 0 Å². The predicted octanol–water partition coefficient (Wildman–Crippen LogP) is 0.834. The summed E-state index contributed by atoms with van der Waals surface area (Å²) in [6.07, 6.45) is 6.99. The Bertz CT molecular complexity index is 444. The first-order chi connectivity index (χ1) is 8.83. The van der Waals surface area contributed by atoms with E-state index in [1.807, 2.05) is 0 Å². The predicted molar refractivity (Wildman–Crippen MR) is 70.9 cm³/mol. The molecular weight excluding hydrogens is 228 g/mol. The molecule has 2 aliphatic rings. The van der Waals surface area contributed by atoms with Crippen molar-refractivity contribution >= 4 is 5.82 Å². The van der Waals surface area contributed by atoms with Crippen LogP contribution in [0.2, 0.25) is 0 Å². The number of aromatic nitrogens is 2. The lowest BCUT2D eigenvalue weighted by atomic mass is 10.2. The highest BCUT2D eigenvalue weighted by Crippen LogP contribution is 2.24. The first-order valence-corrected chi connectivity index (χ1v) is 6.87. The maximum atomic E-state index is 11.3. The third kappa shape index (κ3) is 2.41. The molecule has 0 radical (unpaired) electrons. The molecule has 1 saturated carbocycles. The van der Waals surface area contributed by atoms with Crippen LogP contribution in [0.4, 0.5) is 5.82 Å². The zero-order valence-corrected chi connectivity index (χ0v) is 10.6. The molecule has 5 nitrogen and oxygen atoms in total. The van der Waals surface area contributed by atoms with Crippen LogP contribution < -0.4 is 10.5 Å². The van der Waals surface area contributed by atoms with Gasteiger partial charge in [-0.2, -0.15) is 0 Å². The van der Waals surface area contributed by atoms with Gasteiger partial charge in [0.05, 0.1) is 6.33 Å². The van der Waals surface area contributed by atoms with E-state index < -0.39 is 0 Å². The van der Waals surface area contributed by atoms with Crippen molar-refractivity contribution in [2.75, 3.05) is 31.1 Å². The molecule has 5 heteroatoms. The molecule has 1 aromatic heterocycles. The second kappa shape index (κ2) is 5.10. The van der Waals surface area contributed by atoms with Crippen molar-refractivity contribution in [3.63, 3.8) is 0 Å². The average Bonchev–Trinajstić information content (AvgIpc) is 2.93. The molecular formula is C13H20N4O. The van der Waals surface area contributed by atoms with Gasteiger partial charge in [0, 0.05) is 38.3 Å². The topological polar surface area (TPSA) is 52.2 Å². The van der Waals surface area contributed by atoms with Gasteiger partial charge in [0.1, 0.15) is 5.82 Å². The minimum atomic E-state index is -0.0711. The van der Waals surface area contributed by atoms with E-state index in [4.69, 9.17) is 0 Å². The number of H-pyrrole nitrogens is 1. The quantitative estimate of drug-likeness (QED) is 0.842. The van der Waals surface area contributed by atoms with Crippen LogP contribution in [-0.2, 0) is 0 Å². The highest BCUT2D eigenvalue weighted by Gasteiger charge is 2.26. The van der Waals surface area contributed by atoms with Crippen molar-refractivity contribution in [1.29, 1.82) is 0 Å². The number of anilines is 1. The fourth-order valence-corrected chi connectivity index (χ4v) is 3.12. The molecule has 1 aliphatic heterocycles. The molecule has 0 unspecified atom stereocenters. The maximum Gasteiger partial charge on any atom is 0.252 e. The minimum absolute atomic E-state index is 0.0711. The third-order valence-electron chi connectivity index (χ3n) is 4.14. The Balaban J connectivity index is 1.61. The van der Waals surface area contributed by atoms with E-state index in [1.165, 1.54) is 32.0 Å². The van der Waals surface area contributed by atoms with Gasteiger partial charge in [0.25, 0.3) is 5.56 Å². The Morgan fingerprint density at radius 1 is 1.17 bits per heavy atom. The van der Waals surface area contributed by atoms with E-state index in [1.54, 1.807) is 6.07 Å². The summed E-state index contributed by atoms with van der Waals surface area (Å²) < 4.78 is 0. The molecule has 2 heterocycles. The van der Waals surface area contributed by atoms with Gasteiger partial charge in [-0.05, 0) is 12.8 Å². The van der Waals surface area contributed by atoms with Gasteiger partial charge in [-0.15, -0.1) is 0 Å². The van der Waals surface area contributed by atoms with Crippen molar-refractivity contribution in [3.05, 3.63) is 22.7 Å². The number of rotatable bonds is 2. The molecule has 1 aliphatic carbocycles. The van der Waals surface area contributed by atoms with Crippen LogP contribution in [0.1, 0.15) is 25.7 Å². The molecule has 2 fully saturated rings. The van der Waals surface area contributed by atoms with Crippen LogP contribution in [0.3, 0.4) is 0 Å². The Labute approximate surface area is 107 Å². The Morgan fingerprint density at radius 2 is 1.89 bits per heavy atom. The van der Waals surface area contributed by atoms with Crippen LogP contribution >= 0.6 is 0 Å². The smallest absolute Gasteiger partial charge is 0.252 e. The molecule has 0 bridgehead atoms. The molecule has 98 valence electrons. The second-order valence-electron chi connectivity index (χ2n) is 5.23. The monoisotopic (exact) mass is 248 g/mol. The van der Waals surface area contributed by atoms with Crippen molar-refractivity contribution in [3.8, 4) is 0 Å². The Morgan fingerprint density at radius 3 is 2.56 bits per heavy atom. The van der Waals surface area contributed by atoms with Crippen molar-refractivity contribution < 1.29 is 0 Å². The maximum absolute atomic E-state index is 11.3. The van der Waals surface area contributed by atoms with Crippen LogP contribution in [0, 0.1) is 0 Å². The number of nitrogens with one attached hydrogen (secondary N) is 1. The largest absolute Gasteiger partial charge is 0.354 e. The zero-order chi connectivity index (χ0) is 12.4. The van der Waals surface area contributed by atoms with Gasteiger partial charge in [-0.1, -0.05) is 12.8 Å². The summed E-state index contributed by atoms with van der Waals surface area (Å²) in [6, 6.07) is 2.39. The highest BCUT2D eigenvalue weighted by atomic mass is 16.1. The van der Waals surface area contributed by atoms with Crippen LogP contribution in [0.15, 0.2) is 17.2 Å². The Hall–Kier alpha value is -1.36. The summed E-state index contributed by atoms with van der Waals surface area (Å²) in [5.74, 6) is 0.810.